The van der Waals surface area contributed by atoms with Gasteiger partial charge >= 0.3 is 0 Å². The minimum atomic E-state index is 0.506. The number of halogens is 2. The van der Waals surface area contributed by atoms with E-state index in [4.69, 9.17) is 23.2 Å². The SMILES string of the molecule is Clc1ccc(C=NNc2nc(-c3ccccc3)cs2)cc1Cl. The minimum Gasteiger partial charge on any atom is -0.253 e. The van der Waals surface area contributed by atoms with Crippen LogP contribution in [-0.4, -0.2) is 11.2 Å². The van der Waals surface area contributed by atoms with Crippen LogP contribution in [0.15, 0.2) is 59.0 Å². The van der Waals surface area contributed by atoms with E-state index in [0.29, 0.717) is 10.0 Å². The van der Waals surface area contributed by atoms with Crippen LogP contribution in [0.25, 0.3) is 11.3 Å². The van der Waals surface area contributed by atoms with Gasteiger partial charge in [0, 0.05) is 10.9 Å². The molecule has 0 fully saturated rings. The Balaban J connectivity index is 1.68. The third-order valence-electron chi connectivity index (χ3n) is 2.89. The first kappa shape index (κ1) is 15.0. The smallest absolute Gasteiger partial charge is 0.203 e. The predicted octanol–water partition coefficient (Wildman–Crippen LogP) is 5.56. The van der Waals surface area contributed by atoms with E-state index in [-0.39, 0.29) is 0 Å². The third kappa shape index (κ3) is 3.65. The fourth-order valence-electron chi connectivity index (χ4n) is 1.82. The van der Waals surface area contributed by atoms with Gasteiger partial charge in [-0.15, -0.1) is 11.3 Å². The number of thiazole rings is 1. The molecule has 0 bridgehead atoms. The quantitative estimate of drug-likeness (QED) is 0.495. The van der Waals surface area contributed by atoms with Gasteiger partial charge in [-0.2, -0.15) is 5.10 Å². The van der Waals surface area contributed by atoms with E-state index in [9.17, 15) is 0 Å². The molecule has 0 spiro atoms. The number of rotatable bonds is 4. The fourth-order valence-corrected chi connectivity index (χ4v) is 2.80. The van der Waals surface area contributed by atoms with E-state index >= 15 is 0 Å². The average Bonchev–Trinajstić information content (AvgIpc) is 3.01. The minimum absolute atomic E-state index is 0.506. The normalized spacial score (nSPS) is 11.0. The lowest BCUT2D eigenvalue weighted by atomic mass is 10.2. The number of benzene rings is 2. The van der Waals surface area contributed by atoms with E-state index in [1.165, 1.54) is 11.3 Å². The summed E-state index contributed by atoms with van der Waals surface area (Å²) >= 11 is 13.3. The van der Waals surface area contributed by atoms with Crippen molar-refractivity contribution in [1.82, 2.24) is 4.98 Å². The lowest BCUT2D eigenvalue weighted by Gasteiger charge is -1.97. The van der Waals surface area contributed by atoms with Crippen molar-refractivity contribution >= 4 is 45.9 Å². The molecule has 1 heterocycles. The van der Waals surface area contributed by atoms with E-state index in [0.717, 1.165) is 22.0 Å². The van der Waals surface area contributed by atoms with Gasteiger partial charge in [0.2, 0.25) is 5.13 Å². The first-order valence-corrected chi connectivity index (χ1v) is 8.11. The number of anilines is 1. The highest BCUT2D eigenvalue weighted by Gasteiger charge is 2.03. The van der Waals surface area contributed by atoms with Crippen molar-refractivity contribution in [2.75, 3.05) is 5.43 Å². The second-order valence-corrected chi connectivity index (χ2v) is 6.12. The Morgan fingerprint density at radius 1 is 1.05 bits per heavy atom. The number of hydrogen-bond acceptors (Lipinski definition) is 4. The maximum Gasteiger partial charge on any atom is 0.203 e. The maximum atomic E-state index is 5.96. The van der Waals surface area contributed by atoms with Gasteiger partial charge in [0.1, 0.15) is 0 Å². The van der Waals surface area contributed by atoms with E-state index in [1.807, 2.05) is 41.8 Å². The second kappa shape index (κ2) is 6.92. The van der Waals surface area contributed by atoms with Gasteiger partial charge in [0.25, 0.3) is 0 Å². The van der Waals surface area contributed by atoms with Crippen molar-refractivity contribution in [3.8, 4) is 11.3 Å². The molecule has 0 unspecified atom stereocenters. The number of hydrazone groups is 1. The highest BCUT2D eigenvalue weighted by atomic mass is 35.5. The highest BCUT2D eigenvalue weighted by molar-refractivity contribution is 7.14. The van der Waals surface area contributed by atoms with Crippen LogP contribution in [-0.2, 0) is 0 Å². The van der Waals surface area contributed by atoms with Crippen molar-refractivity contribution in [1.29, 1.82) is 0 Å². The highest BCUT2D eigenvalue weighted by Crippen LogP contribution is 2.25. The molecule has 22 heavy (non-hydrogen) atoms. The van der Waals surface area contributed by atoms with Crippen LogP contribution in [0.1, 0.15) is 5.56 Å². The monoisotopic (exact) mass is 347 g/mol. The van der Waals surface area contributed by atoms with E-state index < -0.39 is 0 Å². The second-order valence-electron chi connectivity index (χ2n) is 4.45. The number of nitrogens with one attached hydrogen (secondary N) is 1. The summed E-state index contributed by atoms with van der Waals surface area (Å²) in [6, 6.07) is 15.4. The topological polar surface area (TPSA) is 37.3 Å². The molecular formula is C16H11Cl2N3S. The Kier molecular flexibility index (Phi) is 4.73. The van der Waals surface area contributed by atoms with Gasteiger partial charge in [-0.1, -0.05) is 59.6 Å². The molecule has 110 valence electrons. The maximum absolute atomic E-state index is 5.96. The third-order valence-corrected chi connectivity index (χ3v) is 4.38. The molecule has 3 nitrogen and oxygen atoms in total. The molecule has 0 saturated heterocycles. The summed E-state index contributed by atoms with van der Waals surface area (Å²) in [5, 5.41) is 7.92. The summed E-state index contributed by atoms with van der Waals surface area (Å²) in [6.07, 6.45) is 1.67. The molecule has 0 radical (unpaired) electrons. The average molecular weight is 348 g/mol. The Morgan fingerprint density at radius 2 is 1.86 bits per heavy atom. The zero-order chi connectivity index (χ0) is 15.4. The van der Waals surface area contributed by atoms with Crippen LogP contribution in [0.5, 0.6) is 0 Å². The zero-order valence-electron chi connectivity index (χ0n) is 11.3. The molecule has 6 heteroatoms. The van der Waals surface area contributed by atoms with E-state index in [1.54, 1.807) is 18.3 Å². The summed E-state index contributed by atoms with van der Waals surface area (Å²) in [6.45, 7) is 0. The molecule has 1 aromatic heterocycles. The molecule has 0 aliphatic heterocycles. The van der Waals surface area contributed by atoms with Gasteiger partial charge in [0.05, 0.1) is 22.0 Å². The van der Waals surface area contributed by atoms with Crippen LogP contribution in [0, 0.1) is 0 Å². The molecule has 1 N–H and O–H groups in total. The summed E-state index contributed by atoms with van der Waals surface area (Å²) in [4.78, 5) is 4.49. The first-order chi connectivity index (χ1) is 10.7. The van der Waals surface area contributed by atoms with Gasteiger partial charge in [0.15, 0.2) is 0 Å². The van der Waals surface area contributed by atoms with Gasteiger partial charge < -0.3 is 0 Å². The largest absolute Gasteiger partial charge is 0.253 e. The van der Waals surface area contributed by atoms with Crippen molar-refractivity contribution in [3.05, 3.63) is 69.5 Å². The van der Waals surface area contributed by atoms with Crippen LogP contribution < -0.4 is 5.43 Å². The van der Waals surface area contributed by atoms with Gasteiger partial charge in [-0.05, 0) is 17.7 Å². The summed E-state index contributed by atoms with van der Waals surface area (Å²) in [7, 11) is 0. The molecule has 2 aromatic carbocycles. The van der Waals surface area contributed by atoms with Crippen molar-refractivity contribution < 1.29 is 0 Å². The molecule has 0 aliphatic rings. The van der Waals surface area contributed by atoms with Crippen LogP contribution in [0.2, 0.25) is 10.0 Å². The zero-order valence-corrected chi connectivity index (χ0v) is 13.7. The Labute approximate surface area is 142 Å². The Morgan fingerprint density at radius 3 is 2.64 bits per heavy atom. The molecule has 0 aliphatic carbocycles. The van der Waals surface area contributed by atoms with Crippen LogP contribution in [0.3, 0.4) is 0 Å². The summed E-state index contributed by atoms with van der Waals surface area (Å²) < 4.78 is 0. The summed E-state index contributed by atoms with van der Waals surface area (Å²) in [5.41, 5.74) is 5.79. The predicted molar refractivity (Wildman–Crippen MR) is 95.2 cm³/mol. The fraction of sp³-hybridized carbons (Fsp3) is 0. The first-order valence-electron chi connectivity index (χ1n) is 6.47. The van der Waals surface area contributed by atoms with E-state index in [2.05, 4.69) is 15.5 Å². The Bertz CT molecular complexity index is 800. The lowest BCUT2D eigenvalue weighted by Crippen LogP contribution is -1.90. The molecular weight excluding hydrogens is 337 g/mol. The van der Waals surface area contributed by atoms with Crippen LogP contribution in [0.4, 0.5) is 5.13 Å². The lowest BCUT2D eigenvalue weighted by molar-refractivity contribution is 1.29. The standard InChI is InChI=1S/C16H11Cl2N3S/c17-13-7-6-11(8-14(13)18)9-19-21-16-20-15(10-22-16)12-4-2-1-3-5-12/h1-10H,(H,20,21). The number of nitrogens with zero attached hydrogens (tertiary/aromatic N) is 2. The molecule has 3 aromatic rings. The van der Waals surface area contributed by atoms with Crippen LogP contribution >= 0.6 is 34.5 Å². The molecule has 0 amide bonds. The molecule has 0 atom stereocenters. The van der Waals surface area contributed by atoms with Gasteiger partial charge in [-0.3, -0.25) is 5.43 Å². The molecule has 3 rings (SSSR count). The summed E-state index contributed by atoms with van der Waals surface area (Å²) in [5.74, 6) is 0. The van der Waals surface area contributed by atoms with Crippen molar-refractivity contribution in [2.24, 2.45) is 5.10 Å². The number of aromatic nitrogens is 1. The Hall–Kier alpha value is -1.88. The van der Waals surface area contributed by atoms with Gasteiger partial charge in [-0.25, -0.2) is 4.98 Å². The molecule has 0 saturated carbocycles. The number of hydrogen-bond donors (Lipinski definition) is 1. The van der Waals surface area contributed by atoms with Crippen molar-refractivity contribution in [3.63, 3.8) is 0 Å². The van der Waals surface area contributed by atoms with Crippen molar-refractivity contribution in [2.45, 2.75) is 0 Å².